The molecule has 134 valence electrons. The Morgan fingerprint density at radius 2 is 2.04 bits per heavy atom. The molecule has 0 bridgehead atoms. The Morgan fingerprint density at radius 1 is 1.36 bits per heavy atom. The molecule has 1 N–H and O–H groups in total. The quantitative estimate of drug-likeness (QED) is 0.393. The van der Waals surface area contributed by atoms with Crippen molar-refractivity contribution < 1.29 is 9.66 Å². The largest absolute Gasteiger partial charge is 0.478 e. The van der Waals surface area contributed by atoms with Gasteiger partial charge in [-0.25, -0.2) is 0 Å². The Kier molecular flexibility index (Phi) is 4.96. The highest BCUT2D eigenvalue weighted by molar-refractivity contribution is 9.10. The first-order valence-electron chi connectivity index (χ1n) is 7.29. The maximum atomic E-state index is 11.9. The average Bonchev–Trinajstić information content (AvgIpc) is 2.83. The number of hydrogen-bond acceptors (Lipinski definition) is 4. The van der Waals surface area contributed by atoms with Gasteiger partial charge in [0.1, 0.15) is 5.75 Å². The highest BCUT2D eigenvalue weighted by Crippen LogP contribution is 2.49. The van der Waals surface area contributed by atoms with Crippen LogP contribution in [0.25, 0.3) is 0 Å². The Hall–Kier alpha value is -1.02. The van der Waals surface area contributed by atoms with Gasteiger partial charge in [0.05, 0.1) is 11.6 Å². The summed E-state index contributed by atoms with van der Waals surface area (Å²) in [5, 5.41) is 19.0. The fourth-order valence-electron chi connectivity index (χ4n) is 3.27. The molecule has 1 aliphatic heterocycles. The van der Waals surface area contributed by atoms with E-state index in [0.717, 1.165) is 10.2 Å². The number of aryl methyl sites for hydroxylation is 2. The predicted molar refractivity (Wildman–Crippen MR) is 99.5 cm³/mol. The standard InChI is InChI=1S/C15H13BrCl3N3O3/c1-6-11(7(2)21-20-6)12-9-5-8(16)3-4-10(9)25-14(15(17,18)19)13(12)22(23)24/h3-5,12-14H,1-2H3,(H,20,21). The Balaban J connectivity index is 2.30. The van der Waals surface area contributed by atoms with Gasteiger partial charge < -0.3 is 4.74 Å². The van der Waals surface area contributed by atoms with E-state index in [-0.39, 0.29) is 0 Å². The molecule has 3 atom stereocenters. The van der Waals surface area contributed by atoms with Gasteiger partial charge in [0.15, 0.2) is 0 Å². The van der Waals surface area contributed by atoms with Crippen molar-refractivity contribution in [2.45, 2.75) is 35.7 Å². The van der Waals surface area contributed by atoms with Crippen molar-refractivity contribution in [3.8, 4) is 5.75 Å². The van der Waals surface area contributed by atoms with Crippen LogP contribution < -0.4 is 4.74 Å². The maximum Gasteiger partial charge on any atom is 0.264 e. The molecule has 6 nitrogen and oxygen atoms in total. The zero-order chi connectivity index (χ0) is 18.5. The van der Waals surface area contributed by atoms with Crippen molar-refractivity contribution in [3.05, 3.63) is 55.3 Å². The summed E-state index contributed by atoms with van der Waals surface area (Å²) in [6.45, 7) is 3.59. The molecule has 0 radical (unpaired) electrons. The van der Waals surface area contributed by atoms with Crippen LogP contribution in [0.3, 0.4) is 0 Å². The molecule has 0 spiro atoms. The van der Waals surface area contributed by atoms with E-state index in [9.17, 15) is 10.1 Å². The number of alkyl halides is 3. The van der Waals surface area contributed by atoms with Crippen LogP contribution >= 0.6 is 50.7 Å². The topological polar surface area (TPSA) is 81.0 Å². The maximum absolute atomic E-state index is 11.9. The third kappa shape index (κ3) is 3.35. The molecule has 2 heterocycles. The summed E-state index contributed by atoms with van der Waals surface area (Å²) < 4.78 is 4.55. The monoisotopic (exact) mass is 467 g/mol. The second-order valence-corrected chi connectivity index (χ2v) is 9.15. The SMILES string of the molecule is Cc1n[nH]c(C)c1C1c2cc(Br)ccc2OC(C(Cl)(Cl)Cl)C1[N+](=O)[O-]. The summed E-state index contributed by atoms with van der Waals surface area (Å²) in [5.74, 6) is -0.224. The zero-order valence-corrected chi connectivity index (χ0v) is 16.9. The van der Waals surface area contributed by atoms with E-state index in [1.54, 1.807) is 25.1 Å². The minimum Gasteiger partial charge on any atom is -0.478 e. The number of nitrogens with zero attached hydrogens (tertiary/aromatic N) is 2. The molecule has 1 aromatic carbocycles. The van der Waals surface area contributed by atoms with Crippen molar-refractivity contribution in [2.75, 3.05) is 0 Å². The Labute approximate surface area is 167 Å². The van der Waals surface area contributed by atoms with E-state index < -0.39 is 26.8 Å². The summed E-state index contributed by atoms with van der Waals surface area (Å²) in [5.41, 5.74) is 2.74. The van der Waals surface area contributed by atoms with Gasteiger partial charge in [-0.2, -0.15) is 5.10 Å². The highest BCUT2D eigenvalue weighted by atomic mass is 79.9. The van der Waals surface area contributed by atoms with Gasteiger partial charge >= 0.3 is 0 Å². The minimum atomic E-state index is -1.97. The first-order valence-corrected chi connectivity index (χ1v) is 9.21. The number of aromatic nitrogens is 2. The molecular weight excluding hydrogens is 456 g/mol. The van der Waals surface area contributed by atoms with Crippen LogP contribution in [0.15, 0.2) is 22.7 Å². The molecule has 2 aromatic rings. The number of nitro groups is 1. The van der Waals surface area contributed by atoms with Crippen molar-refractivity contribution in [1.82, 2.24) is 10.2 Å². The lowest BCUT2D eigenvalue weighted by molar-refractivity contribution is -0.537. The lowest BCUT2D eigenvalue weighted by Gasteiger charge is -2.37. The van der Waals surface area contributed by atoms with Gasteiger partial charge in [-0.3, -0.25) is 15.2 Å². The van der Waals surface area contributed by atoms with Crippen LogP contribution in [-0.4, -0.2) is 31.1 Å². The number of fused-ring (bicyclic) bond motifs is 1. The number of rotatable bonds is 2. The molecule has 3 unspecified atom stereocenters. The van der Waals surface area contributed by atoms with Gasteiger partial charge in [-0.15, -0.1) is 0 Å². The van der Waals surface area contributed by atoms with E-state index in [2.05, 4.69) is 26.1 Å². The molecule has 1 aromatic heterocycles. The molecule has 25 heavy (non-hydrogen) atoms. The average molecular weight is 470 g/mol. The van der Waals surface area contributed by atoms with Crippen LogP contribution in [-0.2, 0) is 0 Å². The molecule has 1 aliphatic rings. The van der Waals surface area contributed by atoms with Crippen LogP contribution in [0.5, 0.6) is 5.75 Å². The highest BCUT2D eigenvalue weighted by Gasteiger charge is 2.56. The zero-order valence-electron chi connectivity index (χ0n) is 13.1. The van der Waals surface area contributed by atoms with Crippen molar-refractivity contribution in [3.63, 3.8) is 0 Å². The van der Waals surface area contributed by atoms with Crippen molar-refractivity contribution in [2.24, 2.45) is 0 Å². The fraction of sp³-hybridized carbons (Fsp3) is 0.400. The summed E-state index contributed by atoms with van der Waals surface area (Å²) in [6.07, 6.45) is -1.25. The van der Waals surface area contributed by atoms with Crippen molar-refractivity contribution in [1.29, 1.82) is 0 Å². The Morgan fingerprint density at radius 3 is 2.56 bits per heavy atom. The number of hydrogen-bond donors (Lipinski definition) is 1. The van der Waals surface area contributed by atoms with Gasteiger partial charge in [0.2, 0.25) is 9.90 Å². The number of benzene rings is 1. The fourth-order valence-corrected chi connectivity index (χ4v) is 4.17. The summed E-state index contributed by atoms with van der Waals surface area (Å²) in [6, 6.07) is 3.98. The molecule has 10 heteroatoms. The van der Waals surface area contributed by atoms with Crippen LogP contribution in [0, 0.1) is 24.0 Å². The van der Waals surface area contributed by atoms with E-state index >= 15 is 0 Å². The smallest absolute Gasteiger partial charge is 0.264 e. The van der Waals surface area contributed by atoms with E-state index in [4.69, 9.17) is 39.5 Å². The predicted octanol–water partition coefficient (Wildman–Crippen LogP) is 4.70. The Bertz CT molecular complexity index is 818. The third-order valence-electron chi connectivity index (χ3n) is 4.27. The molecule has 0 aliphatic carbocycles. The minimum absolute atomic E-state index is 0.447. The lowest BCUT2D eigenvalue weighted by Crippen LogP contribution is -2.52. The van der Waals surface area contributed by atoms with Gasteiger partial charge in [0, 0.05) is 26.2 Å². The number of H-pyrrole nitrogens is 1. The first kappa shape index (κ1) is 18.8. The number of ether oxygens (including phenoxy) is 1. The molecular formula is C15H13BrCl3N3O3. The van der Waals surface area contributed by atoms with Gasteiger partial charge in [-0.05, 0) is 32.0 Å². The normalized spacial score (nSPS) is 23.0. The second-order valence-electron chi connectivity index (χ2n) is 5.86. The molecule has 0 saturated heterocycles. The van der Waals surface area contributed by atoms with Crippen LogP contribution in [0.1, 0.15) is 28.4 Å². The van der Waals surface area contributed by atoms with Crippen LogP contribution in [0.2, 0.25) is 0 Å². The van der Waals surface area contributed by atoms with E-state index in [1.165, 1.54) is 0 Å². The van der Waals surface area contributed by atoms with Gasteiger partial charge in [-0.1, -0.05) is 50.7 Å². The number of aromatic amines is 1. The van der Waals surface area contributed by atoms with Gasteiger partial charge in [0.25, 0.3) is 6.04 Å². The molecule has 0 saturated carbocycles. The molecule has 0 fully saturated rings. The summed E-state index contributed by atoms with van der Waals surface area (Å²) in [7, 11) is 0. The molecule has 0 amide bonds. The number of nitrogens with one attached hydrogen (secondary N) is 1. The number of halogens is 4. The molecule has 3 rings (SSSR count). The van der Waals surface area contributed by atoms with E-state index in [1.807, 2.05) is 6.92 Å². The summed E-state index contributed by atoms with van der Waals surface area (Å²) in [4.78, 5) is 11.5. The van der Waals surface area contributed by atoms with Crippen LogP contribution in [0.4, 0.5) is 0 Å². The second kappa shape index (κ2) is 6.61. The lowest BCUT2D eigenvalue weighted by atomic mass is 9.79. The first-order chi connectivity index (χ1) is 11.6. The third-order valence-corrected chi connectivity index (χ3v) is 5.41. The van der Waals surface area contributed by atoms with Crippen molar-refractivity contribution >= 4 is 50.7 Å². The summed E-state index contributed by atoms with van der Waals surface area (Å²) >= 11 is 21.5. The van der Waals surface area contributed by atoms with E-state index in [0.29, 0.717) is 22.6 Å².